The van der Waals surface area contributed by atoms with Gasteiger partial charge < -0.3 is 9.80 Å². The number of nitrogens with one attached hydrogen (secondary N) is 1. The van der Waals surface area contributed by atoms with Crippen LogP contribution in [-0.2, 0) is 0 Å². The Labute approximate surface area is 136 Å². The highest BCUT2D eigenvalue weighted by Crippen LogP contribution is 2.42. The van der Waals surface area contributed by atoms with Crippen molar-refractivity contribution in [3.8, 4) is 0 Å². The summed E-state index contributed by atoms with van der Waals surface area (Å²) >= 11 is 0. The molecule has 1 saturated heterocycles. The Bertz CT molecular complexity index is 622. The number of allylic oxidation sites excluding steroid dienone is 2. The van der Waals surface area contributed by atoms with Crippen LogP contribution in [0.2, 0.25) is 0 Å². The first-order valence-corrected chi connectivity index (χ1v) is 8.76. The van der Waals surface area contributed by atoms with Crippen molar-refractivity contribution in [2.45, 2.75) is 12.8 Å². The van der Waals surface area contributed by atoms with Gasteiger partial charge in [-0.25, -0.2) is 4.39 Å². The first kappa shape index (κ1) is 14.9. The first-order chi connectivity index (χ1) is 11.2. The van der Waals surface area contributed by atoms with E-state index in [0.717, 1.165) is 43.9 Å². The predicted molar refractivity (Wildman–Crippen MR) is 86.7 cm³/mol. The zero-order valence-electron chi connectivity index (χ0n) is 13.4. The highest BCUT2D eigenvalue weighted by atomic mass is 19.1. The molecule has 1 aliphatic heterocycles. The van der Waals surface area contributed by atoms with Crippen molar-refractivity contribution in [3.05, 3.63) is 47.8 Å². The molecule has 2 fully saturated rings. The molecule has 1 heterocycles. The molecule has 122 valence electrons. The van der Waals surface area contributed by atoms with E-state index in [1.54, 1.807) is 17.0 Å². The minimum absolute atomic E-state index is 0.0357. The summed E-state index contributed by atoms with van der Waals surface area (Å²) in [5.41, 5.74) is 0.465. The quantitative estimate of drug-likeness (QED) is 0.838. The van der Waals surface area contributed by atoms with Crippen molar-refractivity contribution < 1.29 is 14.1 Å². The fourth-order valence-electron chi connectivity index (χ4n) is 4.53. The third kappa shape index (κ3) is 3.05. The smallest absolute Gasteiger partial charge is 0.254 e. The van der Waals surface area contributed by atoms with E-state index in [1.165, 1.54) is 31.5 Å². The molecule has 0 aromatic heterocycles. The van der Waals surface area contributed by atoms with Gasteiger partial charge in [-0.3, -0.25) is 4.79 Å². The molecule has 1 N–H and O–H groups in total. The van der Waals surface area contributed by atoms with Gasteiger partial charge >= 0.3 is 0 Å². The number of quaternary nitrogens is 1. The van der Waals surface area contributed by atoms with Crippen LogP contribution in [-0.4, -0.2) is 43.5 Å². The normalized spacial score (nSPS) is 30.1. The second-order valence-corrected chi connectivity index (χ2v) is 7.30. The van der Waals surface area contributed by atoms with Crippen molar-refractivity contribution in [1.82, 2.24) is 4.90 Å². The largest absolute Gasteiger partial charge is 0.332 e. The second kappa shape index (κ2) is 6.08. The van der Waals surface area contributed by atoms with Crippen LogP contribution in [0.3, 0.4) is 0 Å². The van der Waals surface area contributed by atoms with Gasteiger partial charge in [0.2, 0.25) is 0 Å². The predicted octanol–water partition coefficient (Wildman–Crippen LogP) is 1.38. The summed E-state index contributed by atoms with van der Waals surface area (Å²) in [6.45, 7) is 4.83. The number of hydrogen-bond donors (Lipinski definition) is 1. The van der Waals surface area contributed by atoms with Gasteiger partial charge in [0, 0.05) is 11.5 Å². The summed E-state index contributed by atoms with van der Waals surface area (Å²) in [5, 5.41) is 0. The van der Waals surface area contributed by atoms with Crippen molar-refractivity contribution in [3.63, 3.8) is 0 Å². The van der Waals surface area contributed by atoms with Gasteiger partial charge in [0.1, 0.15) is 5.82 Å². The molecule has 0 unspecified atom stereocenters. The lowest BCUT2D eigenvalue weighted by molar-refractivity contribution is -0.907. The van der Waals surface area contributed by atoms with Crippen molar-refractivity contribution in [2.24, 2.45) is 17.8 Å². The lowest BCUT2D eigenvalue weighted by Crippen LogP contribution is -3.15. The maximum Gasteiger partial charge on any atom is 0.254 e. The lowest BCUT2D eigenvalue weighted by atomic mass is 9.93. The molecule has 23 heavy (non-hydrogen) atoms. The van der Waals surface area contributed by atoms with E-state index < -0.39 is 0 Å². The SMILES string of the molecule is O=C(c1cccc(F)c1)N1CC[NH+](C[C@@H]2C[C@@H]3C=C[C@H]2C3)CC1. The number of halogens is 1. The highest BCUT2D eigenvalue weighted by Gasteiger charge is 2.38. The third-order valence-electron chi connectivity index (χ3n) is 5.80. The third-order valence-corrected chi connectivity index (χ3v) is 5.80. The number of fused-ring (bicyclic) bond motifs is 2. The van der Waals surface area contributed by atoms with Crippen LogP contribution in [0.15, 0.2) is 36.4 Å². The number of carbonyl (C=O) groups excluding carboxylic acids is 1. The van der Waals surface area contributed by atoms with Crippen LogP contribution >= 0.6 is 0 Å². The topological polar surface area (TPSA) is 24.8 Å². The van der Waals surface area contributed by atoms with Crippen LogP contribution in [0.5, 0.6) is 0 Å². The van der Waals surface area contributed by atoms with Crippen LogP contribution < -0.4 is 4.90 Å². The maximum atomic E-state index is 13.3. The molecule has 1 saturated carbocycles. The molecule has 0 spiro atoms. The van der Waals surface area contributed by atoms with Crippen LogP contribution in [0.4, 0.5) is 4.39 Å². The standard InChI is InChI=1S/C19H23FN2O/c20-18-3-1-2-16(12-18)19(23)22-8-6-21(7-9-22)13-17-11-14-4-5-15(17)10-14/h1-5,12,14-15,17H,6-11,13H2/p+1/t14-,15+,17+/m1/s1. The summed E-state index contributed by atoms with van der Waals surface area (Å²) in [4.78, 5) is 15.9. The Morgan fingerprint density at radius 2 is 2.04 bits per heavy atom. The summed E-state index contributed by atoms with van der Waals surface area (Å²) in [6.07, 6.45) is 7.53. The number of carbonyl (C=O) groups is 1. The minimum Gasteiger partial charge on any atom is -0.332 e. The Morgan fingerprint density at radius 3 is 2.70 bits per heavy atom. The van der Waals surface area contributed by atoms with E-state index in [0.29, 0.717) is 5.56 Å². The van der Waals surface area contributed by atoms with E-state index in [9.17, 15) is 9.18 Å². The van der Waals surface area contributed by atoms with Crippen molar-refractivity contribution in [2.75, 3.05) is 32.7 Å². The van der Waals surface area contributed by atoms with Gasteiger partial charge in [0.05, 0.1) is 32.7 Å². The van der Waals surface area contributed by atoms with Gasteiger partial charge in [0.15, 0.2) is 0 Å². The van der Waals surface area contributed by atoms with Crippen molar-refractivity contribution in [1.29, 1.82) is 0 Å². The Morgan fingerprint density at radius 1 is 1.22 bits per heavy atom. The summed E-state index contributed by atoms with van der Waals surface area (Å²) in [6, 6.07) is 6.02. The molecule has 1 aromatic rings. The Kier molecular flexibility index (Phi) is 3.93. The Balaban J connectivity index is 1.30. The molecule has 3 aliphatic rings. The highest BCUT2D eigenvalue weighted by molar-refractivity contribution is 5.94. The monoisotopic (exact) mass is 315 g/mol. The minimum atomic E-state index is -0.343. The fraction of sp³-hybridized carbons (Fsp3) is 0.526. The zero-order chi connectivity index (χ0) is 15.8. The average Bonchev–Trinajstić information content (AvgIpc) is 3.18. The molecular weight excluding hydrogens is 291 g/mol. The molecule has 3 nitrogen and oxygen atoms in total. The first-order valence-electron chi connectivity index (χ1n) is 8.76. The van der Waals surface area contributed by atoms with E-state index in [4.69, 9.17) is 0 Å². The van der Waals surface area contributed by atoms with Gasteiger partial charge in [-0.05, 0) is 42.9 Å². The van der Waals surface area contributed by atoms with Crippen LogP contribution in [0.1, 0.15) is 23.2 Å². The summed E-state index contributed by atoms with van der Waals surface area (Å²) in [5.74, 6) is 2.10. The van der Waals surface area contributed by atoms with E-state index in [1.807, 2.05) is 4.90 Å². The Hall–Kier alpha value is -1.68. The number of hydrogen-bond acceptors (Lipinski definition) is 1. The second-order valence-electron chi connectivity index (χ2n) is 7.30. The zero-order valence-corrected chi connectivity index (χ0v) is 13.4. The van der Waals surface area contributed by atoms with Crippen LogP contribution in [0, 0.1) is 23.6 Å². The number of piperazine rings is 1. The van der Waals surface area contributed by atoms with Crippen molar-refractivity contribution >= 4 is 5.91 Å². The number of benzene rings is 1. The molecule has 0 radical (unpaired) electrons. The van der Waals surface area contributed by atoms with Crippen LogP contribution in [0.25, 0.3) is 0 Å². The molecule has 1 aromatic carbocycles. The van der Waals surface area contributed by atoms with E-state index in [2.05, 4.69) is 12.2 Å². The number of amides is 1. The summed E-state index contributed by atoms with van der Waals surface area (Å²) in [7, 11) is 0. The molecular formula is C19H24FN2O+. The van der Waals surface area contributed by atoms with E-state index in [-0.39, 0.29) is 11.7 Å². The van der Waals surface area contributed by atoms with Gasteiger partial charge in [-0.2, -0.15) is 0 Å². The molecule has 2 aliphatic carbocycles. The summed E-state index contributed by atoms with van der Waals surface area (Å²) < 4.78 is 13.3. The average molecular weight is 315 g/mol. The molecule has 4 heteroatoms. The molecule has 1 amide bonds. The van der Waals surface area contributed by atoms with E-state index >= 15 is 0 Å². The molecule has 3 atom stereocenters. The van der Waals surface area contributed by atoms with Gasteiger partial charge in [-0.15, -0.1) is 0 Å². The maximum absolute atomic E-state index is 13.3. The fourth-order valence-corrected chi connectivity index (χ4v) is 4.53. The number of nitrogens with zero attached hydrogens (tertiary/aromatic N) is 1. The lowest BCUT2D eigenvalue weighted by Gasteiger charge is -2.34. The van der Waals surface area contributed by atoms with Gasteiger partial charge in [0.25, 0.3) is 5.91 Å². The molecule has 2 bridgehead atoms. The van der Waals surface area contributed by atoms with Gasteiger partial charge in [-0.1, -0.05) is 18.2 Å². The number of rotatable bonds is 3. The molecule has 4 rings (SSSR count).